The van der Waals surface area contributed by atoms with Gasteiger partial charge in [-0.1, -0.05) is 42.5 Å². The average molecular weight is 286 g/mol. The molecule has 4 heteroatoms. The molecule has 0 aliphatic heterocycles. The van der Waals surface area contributed by atoms with Crippen LogP contribution in [0, 0.1) is 0 Å². The zero-order valence-corrected chi connectivity index (χ0v) is 11.3. The van der Waals surface area contributed by atoms with Crippen molar-refractivity contribution in [2.24, 2.45) is 0 Å². The number of carboxylic acid groups (broad SMARTS) is 1. The molecule has 0 spiro atoms. The van der Waals surface area contributed by atoms with E-state index in [1.165, 1.54) is 0 Å². The van der Waals surface area contributed by atoms with Gasteiger partial charge in [-0.15, -0.1) is 12.4 Å². The number of hydrogen-bond donors (Lipinski definition) is 1. The molecule has 0 aliphatic carbocycles. The van der Waals surface area contributed by atoms with Crippen molar-refractivity contribution in [1.82, 2.24) is 4.98 Å². The lowest BCUT2D eigenvalue weighted by atomic mass is 10.1. The average Bonchev–Trinajstić information content (AvgIpc) is 2.47. The summed E-state index contributed by atoms with van der Waals surface area (Å²) in [7, 11) is 0. The zero-order valence-electron chi connectivity index (χ0n) is 10.5. The van der Waals surface area contributed by atoms with E-state index in [1.807, 2.05) is 42.5 Å². The minimum Gasteiger partial charge on any atom is -0.478 e. The Labute approximate surface area is 122 Å². The van der Waals surface area contributed by atoms with Gasteiger partial charge in [-0.25, -0.2) is 9.78 Å². The van der Waals surface area contributed by atoms with E-state index in [4.69, 9.17) is 5.11 Å². The highest BCUT2D eigenvalue weighted by Gasteiger charge is 2.05. The van der Waals surface area contributed by atoms with Gasteiger partial charge >= 0.3 is 5.97 Å². The number of nitrogens with zero attached hydrogens (tertiary/aromatic N) is 1. The van der Waals surface area contributed by atoms with E-state index in [2.05, 4.69) is 4.98 Å². The minimum absolute atomic E-state index is 0. The van der Waals surface area contributed by atoms with Crippen LogP contribution < -0.4 is 0 Å². The molecule has 1 aromatic heterocycles. The summed E-state index contributed by atoms with van der Waals surface area (Å²) < 4.78 is 0. The largest absolute Gasteiger partial charge is 0.478 e. The second kappa shape index (κ2) is 5.72. The Hall–Kier alpha value is -2.39. The Kier molecular flexibility index (Phi) is 4.01. The van der Waals surface area contributed by atoms with Crippen molar-refractivity contribution >= 4 is 29.3 Å². The van der Waals surface area contributed by atoms with Crippen LogP contribution >= 0.6 is 12.4 Å². The molecule has 0 amide bonds. The molecule has 3 rings (SSSR count). The summed E-state index contributed by atoms with van der Waals surface area (Å²) in [5.74, 6) is -0.936. The van der Waals surface area contributed by atoms with Gasteiger partial charge in [0.25, 0.3) is 0 Å². The van der Waals surface area contributed by atoms with Crippen molar-refractivity contribution in [2.45, 2.75) is 0 Å². The Balaban J connectivity index is 0.00000147. The maximum absolute atomic E-state index is 11.0. The molecule has 0 fully saturated rings. The van der Waals surface area contributed by atoms with Crippen molar-refractivity contribution in [2.75, 3.05) is 0 Å². The summed E-state index contributed by atoms with van der Waals surface area (Å²) >= 11 is 0. The van der Waals surface area contributed by atoms with Crippen molar-refractivity contribution < 1.29 is 9.90 Å². The van der Waals surface area contributed by atoms with E-state index in [9.17, 15) is 4.79 Å². The third-order valence-electron chi connectivity index (χ3n) is 3.01. The van der Waals surface area contributed by atoms with Gasteiger partial charge in [0.2, 0.25) is 0 Å². The van der Waals surface area contributed by atoms with Crippen molar-refractivity contribution in [1.29, 1.82) is 0 Å². The molecule has 2 aromatic carbocycles. The van der Waals surface area contributed by atoms with Gasteiger partial charge in [-0.3, -0.25) is 0 Å². The molecule has 0 saturated heterocycles. The molecule has 3 nitrogen and oxygen atoms in total. The highest BCUT2D eigenvalue weighted by molar-refractivity contribution is 5.93. The van der Waals surface area contributed by atoms with Crippen molar-refractivity contribution in [3.8, 4) is 11.3 Å². The third kappa shape index (κ3) is 2.63. The SMILES string of the molecule is Cl.O=C(O)c1ccc2ccc(-c3ccccc3)nc2c1. The fraction of sp³-hybridized carbons (Fsp3) is 0. The zero-order chi connectivity index (χ0) is 13.2. The third-order valence-corrected chi connectivity index (χ3v) is 3.01. The van der Waals surface area contributed by atoms with Crippen molar-refractivity contribution in [3.63, 3.8) is 0 Å². The molecule has 0 saturated carbocycles. The van der Waals surface area contributed by atoms with Crippen molar-refractivity contribution in [3.05, 3.63) is 66.2 Å². The summed E-state index contributed by atoms with van der Waals surface area (Å²) in [6.45, 7) is 0. The lowest BCUT2D eigenvalue weighted by Gasteiger charge is -2.04. The first-order valence-electron chi connectivity index (χ1n) is 5.93. The predicted molar refractivity (Wildman–Crippen MR) is 81.4 cm³/mol. The second-order valence-corrected chi connectivity index (χ2v) is 4.28. The standard InChI is InChI=1S/C16H11NO2.ClH/c18-16(19)13-7-6-12-8-9-14(17-15(12)10-13)11-4-2-1-3-5-11;/h1-10H,(H,18,19);1H. The number of benzene rings is 2. The highest BCUT2D eigenvalue weighted by atomic mass is 35.5. The summed E-state index contributed by atoms with van der Waals surface area (Å²) in [4.78, 5) is 15.5. The number of aromatic carboxylic acids is 1. The Bertz CT molecular complexity index is 757. The van der Waals surface area contributed by atoms with Crippen LogP contribution in [0.5, 0.6) is 0 Å². The van der Waals surface area contributed by atoms with Gasteiger partial charge < -0.3 is 5.11 Å². The van der Waals surface area contributed by atoms with Gasteiger partial charge in [0.15, 0.2) is 0 Å². The van der Waals surface area contributed by atoms with Gasteiger partial charge in [0.05, 0.1) is 16.8 Å². The predicted octanol–water partition coefficient (Wildman–Crippen LogP) is 4.02. The van der Waals surface area contributed by atoms with Crippen LogP contribution in [0.3, 0.4) is 0 Å². The van der Waals surface area contributed by atoms with Crippen LogP contribution in [0.15, 0.2) is 60.7 Å². The molecule has 1 N–H and O–H groups in total. The van der Waals surface area contributed by atoms with Crippen LogP contribution in [0.4, 0.5) is 0 Å². The summed E-state index contributed by atoms with van der Waals surface area (Å²) in [5.41, 5.74) is 2.81. The van der Waals surface area contributed by atoms with Crippen LogP contribution in [0.25, 0.3) is 22.2 Å². The normalized spacial score (nSPS) is 10.0. The summed E-state index contributed by atoms with van der Waals surface area (Å²) in [6, 6.07) is 18.7. The van der Waals surface area contributed by atoms with Gasteiger partial charge in [0, 0.05) is 10.9 Å². The maximum atomic E-state index is 11.0. The maximum Gasteiger partial charge on any atom is 0.335 e. The number of hydrogen-bond acceptors (Lipinski definition) is 2. The summed E-state index contributed by atoms with van der Waals surface area (Å²) in [5, 5.41) is 9.94. The number of aromatic nitrogens is 1. The molecular formula is C16H12ClNO2. The second-order valence-electron chi connectivity index (χ2n) is 4.28. The van der Waals surface area contributed by atoms with E-state index in [-0.39, 0.29) is 18.0 Å². The number of carbonyl (C=O) groups is 1. The quantitative estimate of drug-likeness (QED) is 0.773. The topological polar surface area (TPSA) is 50.2 Å². The number of fused-ring (bicyclic) bond motifs is 1. The molecule has 0 atom stereocenters. The van der Waals surface area contributed by atoms with Crippen LogP contribution in [0.2, 0.25) is 0 Å². The highest BCUT2D eigenvalue weighted by Crippen LogP contribution is 2.21. The first kappa shape index (κ1) is 14.0. The monoisotopic (exact) mass is 285 g/mol. The smallest absolute Gasteiger partial charge is 0.335 e. The Morgan fingerprint density at radius 2 is 1.65 bits per heavy atom. The van der Waals surface area contributed by atoms with Gasteiger partial charge in [-0.2, -0.15) is 0 Å². The lowest BCUT2D eigenvalue weighted by molar-refractivity contribution is 0.0697. The van der Waals surface area contributed by atoms with E-state index >= 15 is 0 Å². The Morgan fingerprint density at radius 1 is 0.950 bits per heavy atom. The van der Waals surface area contributed by atoms with E-state index in [0.717, 1.165) is 16.6 Å². The number of rotatable bonds is 2. The molecule has 0 aliphatic rings. The lowest BCUT2D eigenvalue weighted by Crippen LogP contribution is -1.96. The number of carboxylic acids is 1. The van der Waals surface area contributed by atoms with Gasteiger partial charge in [-0.05, 0) is 18.2 Å². The molecule has 20 heavy (non-hydrogen) atoms. The van der Waals surface area contributed by atoms with Crippen LogP contribution in [-0.2, 0) is 0 Å². The van der Waals surface area contributed by atoms with Crippen LogP contribution in [-0.4, -0.2) is 16.1 Å². The Morgan fingerprint density at radius 3 is 2.35 bits per heavy atom. The minimum atomic E-state index is -0.936. The number of pyridine rings is 1. The molecule has 0 bridgehead atoms. The first-order valence-corrected chi connectivity index (χ1v) is 5.93. The number of halogens is 1. The van der Waals surface area contributed by atoms with E-state index in [0.29, 0.717) is 5.52 Å². The molecular weight excluding hydrogens is 274 g/mol. The van der Waals surface area contributed by atoms with E-state index < -0.39 is 5.97 Å². The first-order chi connectivity index (χ1) is 9.24. The molecule has 0 unspecified atom stereocenters. The van der Waals surface area contributed by atoms with Gasteiger partial charge in [0.1, 0.15) is 0 Å². The van der Waals surface area contributed by atoms with Crippen LogP contribution in [0.1, 0.15) is 10.4 Å². The molecule has 100 valence electrons. The molecule has 3 aromatic rings. The molecule has 0 radical (unpaired) electrons. The summed E-state index contributed by atoms with van der Waals surface area (Å²) in [6.07, 6.45) is 0. The molecule has 1 heterocycles. The van der Waals surface area contributed by atoms with E-state index in [1.54, 1.807) is 18.2 Å². The fourth-order valence-electron chi connectivity index (χ4n) is 2.02. The fourth-order valence-corrected chi connectivity index (χ4v) is 2.02.